The average Bonchev–Trinajstić information content (AvgIpc) is 2.45. The Kier molecular flexibility index (Phi) is 3.62. The van der Waals surface area contributed by atoms with Crippen molar-refractivity contribution in [3.8, 4) is 6.07 Å². The third-order valence-electron chi connectivity index (χ3n) is 3.09. The van der Waals surface area contributed by atoms with Gasteiger partial charge in [-0.1, -0.05) is 12.1 Å². The van der Waals surface area contributed by atoms with Crippen molar-refractivity contribution in [3.05, 3.63) is 47.9 Å². The van der Waals surface area contributed by atoms with Crippen LogP contribution in [-0.4, -0.2) is 17.0 Å². The average molecular weight is 253 g/mol. The molecular formula is C14H15N5. The van der Waals surface area contributed by atoms with Gasteiger partial charge in [0.2, 0.25) is 0 Å². The number of nitrogens with two attached hydrogens (primary N) is 1. The van der Waals surface area contributed by atoms with E-state index in [4.69, 9.17) is 11.0 Å². The second-order valence-corrected chi connectivity index (χ2v) is 4.30. The van der Waals surface area contributed by atoms with Crippen molar-refractivity contribution < 1.29 is 0 Å². The van der Waals surface area contributed by atoms with E-state index in [0.717, 1.165) is 11.3 Å². The summed E-state index contributed by atoms with van der Waals surface area (Å²) in [6.07, 6.45) is 3.10. The minimum atomic E-state index is 0.0484. The molecule has 5 heteroatoms. The zero-order chi connectivity index (χ0) is 13.8. The Morgan fingerprint density at radius 3 is 2.74 bits per heavy atom. The smallest absolute Gasteiger partial charge is 0.183 e. The third kappa shape index (κ3) is 2.63. The first-order valence-electron chi connectivity index (χ1n) is 5.93. The summed E-state index contributed by atoms with van der Waals surface area (Å²) in [6, 6.07) is 9.78. The fourth-order valence-corrected chi connectivity index (χ4v) is 1.89. The van der Waals surface area contributed by atoms with E-state index in [0.29, 0.717) is 11.5 Å². The highest BCUT2D eigenvalue weighted by atomic mass is 15.2. The van der Waals surface area contributed by atoms with Gasteiger partial charge in [0.25, 0.3) is 0 Å². The molecule has 1 aromatic heterocycles. The highest BCUT2D eigenvalue weighted by molar-refractivity contribution is 5.51. The highest BCUT2D eigenvalue weighted by Gasteiger charge is 2.17. The molecule has 19 heavy (non-hydrogen) atoms. The van der Waals surface area contributed by atoms with Gasteiger partial charge in [-0.15, -0.1) is 0 Å². The highest BCUT2D eigenvalue weighted by Crippen LogP contribution is 2.25. The van der Waals surface area contributed by atoms with Gasteiger partial charge in [0, 0.05) is 25.1 Å². The first-order valence-corrected chi connectivity index (χ1v) is 5.93. The number of anilines is 2. The minimum absolute atomic E-state index is 0.0484. The Hall–Kier alpha value is -2.61. The van der Waals surface area contributed by atoms with Crippen molar-refractivity contribution in [2.75, 3.05) is 17.7 Å². The summed E-state index contributed by atoms with van der Waals surface area (Å²) < 4.78 is 0. The van der Waals surface area contributed by atoms with Gasteiger partial charge in [-0.2, -0.15) is 5.26 Å². The Balaban J connectivity index is 2.34. The van der Waals surface area contributed by atoms with Crippen LogP contribution in [0, 0.1) is 11.3 Å². The van der Waals surface area contributed by atoms with Crippen molar-refractivity contribution in [3.63, 3.8) is 0 Å². The molecule has 1 atom stereocenters. The van der Waals surface area contributed by atoms with Gasteiger partial charge in [0.15, 0.2) is 11.5 Å². The van der Waals surface area contributed by atoms with Crippen LogP contribution in [0.4, 0.5) is 11.5 Å². The van der Waals surface area contributed by atoms with Gasteiger partial charge >= 0.3 is 0 Å². The first kappa shape index (κ1) is 12.8. The summed E-state index contributed by atoms with van der Waals surface area (Å²) in [5, 5.41) is 9.06. The molecule has 1 unspecified atom stereocenters. The zero-order valence-corrected chi connectivity index (χ0v) is 10.9. The number of aromatic nitrogens is 2. The molecule has 0 aliphatic carbocycles. The molecule has 1 heterocycles. The molecule has 0 spiro atoms. The lowest BCUT2D eigenvalue weighted by Gasteiger charge is -2.26. The van der Waals surface area contributed by atoms with Crippen LogP contribution >= 0.6 is 0 Å². The number of nitrogen functional groups attached to an aromatic ring is 1. The molecule has 2 N–H and O–H groups in total. The number of rotatable bonds is 3. The van der Waals surface area contributed by atoms with Gasteiger partial charge in [-0.25, -0.2) is 9.97 Å². The van der Waals surface area contributed by atoms with Gasteiger partial charge in [0.1, 0.15) is 6.07 Å². The van der Waals surface area contributed by atoms with E-state index in [9.17, 15) is 0 Å². The molecule has 2 aromatic rings. The fourth-order valence-electron chi connectivity index (χ4n) is 1.89. The number of hydrogen-bond donors (Lipinski definition) is 1. The number of nitrogens with zero attached hydrogens (tertiary/aromatic N) is 4. The maximum absolute atomic E-state index is 9.06. The Labute approximate surface area is 112 Å². The van der Waals surface area contributed by atoms with Crippen LogP contribution in [-0.2, 0) is 0 Å². The summed E-state index contributed by atoms with van der Waals surface area (Å²) in [5.74, 6) is 0.569. The molecule has 5 nitrogen and oxygen atoms in total. The zero-order valence-electron chi connectivity index (χ0n) is 10.9. The summed E-state index contributed by atoms with van der Waals surface area (Å²) in [6.45, 7) is 2.03. The maximum Gasteiger partial charge on any atom is 0.183 e. The van der Waals surface area contributed by atoms with E-state index in [1.165, 1.54) is 6.20 Å². The number of benzene rings is 1. The first-order chi connectivity index (χ1) is 9.13. The summed E-state index contributed by atoms with van der Waals surface area (Å²) in [7, 11) is 1.89. The lowest BCUT2D eigenvalue weighted by molar-refractivity contribution is 0.725. The van der Waals surface area contributed by atoms with Crippen LogP contribution in [0.25, 0.3) is 0 Å². The topological polar surface area (TPSA) is 78.8 Å². The number of hydrogen-bond acceptors (Lipinski definition) is 5. The second kappa shape index (κ2) is 5.36. The summed E-state index contributed by atoms with van der Waals surface area (Å²) in [5.41, 5.74) is 7.90. The van der Waals surface area contributed by atoms with E-state index < -0.39 is 0 Å². The largest absolute Gasteiger partial charge is 0.399 e. The van der Waals surface area contributed by atoms with E-state index >= 15 is 0 Å². The molecule has 96 valence electrons. The van der Waals surface area contributed by atoms with Crippen molar-refractivity contribution in [2.45, 2.75) is 13.0 Å². The molecule has 0 amide bonds. The molecule has 1 aromatic carbocycles. The molecule has 0 saturated carbocycles. The summed E-state index contributed by atoms with van der Waals surface area (Å²) >= 11 is 0. The fraction of sp³-hybridized carbons (Fsp3) is 0.214. The van der Waals surface area contributed by atoms with E-state index in [2.05, 4.69) is 16.0 Å². The van der Waals surface area contributed by atoms with Crippen molar-refractivity contribution in [1.82, 2.24) is 9.97 Å². The molecular weight excluding hydrogens is 238 g/mol. The molecule has 0 fully saturated rings. The Morgan fingerprint density at radius 2 is 2.05 bits per heavy atom. The summed E-state index contributed by atoms with van der Waals surface area (Å²) in [4.78, 5) is 10.2. The van der Waals surface area contributed by atoms with Gasteiger partial charge in [-0.3, -0.25) is 0 Å². The van der Waals surface area contributed by atoms with E-state index in [1.54, 1.807) is 6.20 Å². The minimum Gasteiger partial charge on any atom is -0.399 e. The van der Waals surface area contributed by atoms with Gasteiger partial charge in [-0.05, 0) is 24.6 Å². The second-order valence-electron chi connectivity index (χ2n) is 4.30. The van der Waals surface area contributed by atoms with E-state index in [1.807, 2.05) is 43.1 Å². The lowest BCUT2D eigenvalue weighted by atomic mass is 10.1. The SMILES string of the molecule is CC(c1cccc(N)c1)N(C)c1nccnc1C#N. The van der Waals surface area contributed by atoms with Crippen LogP contribution in [0.5, 0.6) is 0 Å². The van der Waals surface area contributed by atoms with Crippen LogP contribution in [0.3, 0.4) is 0 Å². The quantitative estimate of drug-likeness (QED) is 0.848. The van der Waals surface area contributed by atoms with Crippen LogP contribution in [0.1, 0.15) is 24.2 Å². The monoisotopic (exact) mass is 253 g/mol. The standard InChI is InChI=1S/C14H15N5/c1-10(11-4-3-5-12(16)8-11)19(2)14-13(9-15)17-6-7-18-14/h3-8,10H,16H2,1-2H3. The predicted molar refractivity (Wildman–Crippen MR) is 74.4 cm³/mol. The molecule has 0 radical (unpaired) electrons. The van der Waals surface area contributed by atoms with Crippen molar-refractivity contribution in [1.29, 1.82) is 5.26 Å². The molecule has 0 aliphatic heterocycles. The molecule has 0 saturated heterocycles. The van der Waals surface area contributed by atoms with Crippen LogP contribution in [0.2, 0.25) is 0 Å². The number of nitriles is 1. The van der Waals surface area contributed by atoms with Crippen molar-refractivity contribution >= 4 is 11.5 Å². The Bertz CT molecular complexity index is 617. The molecule has 0 aliphatic rings. The predicted octanol–water partition coefficient (Wildman–Crippen LogP) is 2.13. The van der Waals surface area contributed by atoms with Gasteiger partial charge in [0.05, 0.1) is 6.04 Å². The lowest BCUT2D eigenvalue weighted by Crippen LogP contribution is -2.24. The normalized spacial score (nSPS) is 11.6. The van der Waals surface area contributed by atoms with Crippen LogP contribution < -0.4 is 10.6 Å². The van der Waals surface area contributed by atoms with Gasteiger partial charge < -0.3 is 10.6 Å². The molecule has 2 rings (SSSR count). The Morgan fingerprint density at radius 1 is 1.32 bits per heavy atom. The maximum atomic E-state index is 9.06. The third-order valence-corrected chi connectivity index (χ3v) is 3.09. The van der Waals surface area contributed by atoms with Crippen LogP contribution in [0.15, 0.2) is 36.7 Å². The van der Waals surface area contributed by atoms with Crippen molar-refractivity contribution in [2.24, 2.45) is 0 Å². The molecule has 0 bridgehead atoms. The van der Waals surface area contributed by atoms with E-state index in [-0.39, 0.29) is 6.04 Å².